The normalized spacial score (nSPS) is 9.67. The highest BCUT2D eigenvalue weighted by Crippen LogP contribution is 2.36. The lowest BCUT2D eigenvalue weighted by Gasteiger charge is -1.90. The monoisotopic (exact) mass is 226 g/mol. The second-order valence-electron chi connectivity index (χ2n) is 1.39. The van der Waals surface area contributed by atoms with E-state index in [9.17, 15) is 0 Å². The number of methoxy groups -OCH3 is 1. The SMILES string of the molecule is COc1cc(Br)sc1Cl. The van der Waals surface area contributed by atoms with Crippen molar-refractivity contribution in [3.63, 3.8) is 0 Å². The fraction of sp³-hybridized carbons (Fsp3) is 0.200. The molecule has 9 heavy (non-hydrogen) atoms. The Kier molecular flexibility index (Phi) is 2.38. The Hall–Kier alpha value is 0.270. The molecule has 4 heteroatoms. The van der Waals surface area contributed by atoms with E-state index < -0.39 is 0 Å². The third-order valence-electron chi connectivity index (χ3n) is 0.845. The summed E-state index contributed by atoms with van der Waals surface area (Å²) < 4.78 is 6.59. The van der Waals surface area contributed by atoms with Gasteiger partial charge < -0.3 is 4.74 Å². The lowest BCUT2D eigenvalue weighted by atomic mass is 10.6. The third-order valence-corrected chi connectivity index (χ3v) is 2.67. The zero-order valence-corrected chi connectivity index (χ0v) is 7.81. The van der Waals surface area contributed by atoms with Crippen LogP contribution in [0.5, 0.6) is 5.75 Å². The Morgan fingerprint density at radius 1 is 1.78 bits per heavy atom. The second-order valence-corrected chi connectivity index (χ2v) is 4.43. The maximum absolute atomic E-state index is 5.71. The molecule has 0 saturated heterocycles. The first kappa shape index (κ1) is 7.38. The average molecular weight is 228 g/mol. The van der Waals surface area contributed by atoms with Crippen molar-refractivity contribution in [3.8, 4) is 5.75 Å². The Balaban J connectivity index is 3.01. The van der Waals surface area contributed by atoms with Crippen LogP contribution in [0.15, 0.2) is 9.85 Å². The average Bonchev–Trinajstić information content (AvgIpc) is 2.10. The predicted octanol–water partition coefficient (Wildman–Crippen LogP) is 3.17. The number of hydrogen-bond acceptors (Lipinski definition) is 2. The van der Waals surface area contributed by atoms with E-state index in [0.29, 0.717) is 4.34 Å². The fourth-order valence-corrected chi connectivity index (χ4v) is 2.40. The van der Waals surface area contributed by atoms with Gasteiger partial charge in [0.05, 0.1) is 10.9 Å². The lowest BCUT2D eigenvalue weighted by Crippen LogP contribution is -1.76. The van der Waals surface area contributed by atoms with E-state index in [1.165, 1.54) is 11.3 Å². The zero-order valence-electron chi connectivity index (χ0n) is 4.65. The van der Waals surface area contributed by atoms with Crippen molar-refractivity contribution in [2.24, 2.45) is 0 Å². The Morgan fingerprint density at radius 3 is 2.67 bits per heavy atom. The summed E-state index contributed by atoms with van der Waals surface area (Å²) in [5.41, 5.74) is 0. The number of ether oxygens (including phenoxy) is 1. The number of rotatable bonds is 1. The molecular weight excluding hydrogens is 223 g/mol. The van der Waals surface area contributed by atoms with Gasteiger partial charge in [0.25, 0.3) is 0 Å². The van der Waals surface area contributed by atoms with Crippen LogP contribution in [0.2, 0.25) is 4.34 Å². The van der Waals surface area contributed by atoms with Crippen LogP contribution in [-0.2, 0) is 0 Å². The number of halogens is 2. The van der Waals surface area contributed by atoms with E-state index in [1.807, 2.05) is 6.07 Å². The first-order valence-corrected chi connectivity index (χ1v) is 4.21. The molecule has 0 aromatic carbocycles. The summed E-state index contributed by atoms with van der Waals surface area (Å²) >= 11 is 10.4. The highest BCUT2D eigenvalue weighted by atomic mass is 79.9. The molecule has 0 aliphatic rings. The van der Waals surface area contributed by atoms with Gasteiger partial charge in [-0.25, -0.2) is 0 Å². The van der Waals surface area contributed by atoms with Crippen molar-refractivity contribution in [2.45, 2.75) is 0 Å². The van der Waals surface area contributed by atoms with E-state index >= 15 is 0 Å². The van der Waals surface area contributed by atoms with Crippen molar-refractivity contribution in [1.29, 1.82) is 0 Å². The standard InChI is InChI=1S/C5H4BrClOS/c1-8-3-2-4(6)9-5(3)7/h2H,1H3. The molecule has 1 aromatic heterocycles. The topological polar surface area (TPSA) is 9.23 Å². The van der Waals surface area contributed by atoms with Crippen molar-refractivity contribution in [2.75, 3.05) is 7.11 Å². The van der Waals surface area contributed by atoms with Crippen molar-refractivity contribution < 1.29 is 4.74 Å². The maximum Gasteiger partial charge on any atom is 0.149 e. The van der Waals surface area contributed by atoms with Gasteiger partial charge in [-0.3, -0.25) is 0 Å². The molecular formula is C5H4BrClOS. The van der Waals surface area contributed by atoms with E-state index in [-0.39, 0.29) is 0 Å². The Morgan fingerprint density at radius 2 is 2.44 bits per heavy atom. The van der Waals surface area contributed by atoms with Crippen LogP contribution in [0.1, 0.15) is 0 Å². The van der Waals surface area contributed by atoms with Gasteiger partial charge in [-0.1, -0.05) is 11.6 Å². The molecule has 50 valence electrons. The minimum absolute atomic E-state index is 0.685. The maximum atomic E-state index is 5.71. The lowest BCUT2D eigenvalue weighted by molar-refractivity contribution is 0.417. The molecule has 0 spiro atoms. The van der Waals surface area contributed by atoms with Crippen molar-refractivity contribution in [1.82, 2.24) is 0 Å². The van der Waals surface area contributed by atoms with Crippen LogP contribution in [-0.4, -0.2) is 7.11 Å². The Labute approximate surface area is 70.7 Å². The molecule has 0 radical (unpaired) electrons. The van der Waals surface area contributed by atoms with Gasteiger partial charge in [0.2, 0.25) is 0 Å². The molecule has 1 rings (SSSR count). The summed E-state index contributed by atoms with van der Waals surface area (Å²) in [5, 5.41) is 0. The fourth-order valence-electron chi connectivity index (χ4n) is 0.464. The molecule has 1 nitrogen and oxygen atoms in total. The van der Waals surface area contributed by atoms with Crippen LogP contribution in [0, 0.1) is 0 Å². The quantitative estimate of drug-likeness (QED) is 0.716. The first-order valence-electron chi connectivity index (χ1n) is 2.23. The summed E-state index contributed by atoms with van der Waals surface area (Å²) in [6.45, 7) is 0. The highest BCUT2D eigenvalue weighted by molar-refractivity contribution is 9.11. The van der Waals surface area contributed by atoms with Gasteiger partial charge in [-0.15, -0.1) is 11.3 Å². The molecule has 0 amide bonds. The zero-order chi connectivity index (χ0) is 6.85. The van der Waals surface area contributed by atoms with Gasteiger partial charge >= 0.3 is 0 Å². The van der Waals surface area contributed by atoms with Crippen molar-refractivity contribution >= 4 is 38.9 Å². The first-order chi connectivity index (χ1) is 4.24. The van der Waals surface area contributed by atoms with Crippen LogP contribution in [0.4, 0.5) is 0 Å². The van der Waals surface area contributed by atoms with Crippen LogP contribution < -0.4 is 4.74 Å². The number of thiophene rings is 1. The molecule has 0 fully saturated rings. The molecule has 0 aliphatic carbocycles. The van der Waals surface area contributed by atoms with Crippen LogP contribution >= 0.6 is 38.9 Å². The molecule has 1 aromatic rings. The van der Waals surface area contributed by atoms with E-state index in [4.69, 9.17) is 16.3 Å². The van der Waals surface area contributed by atoms with Crippen molar-refractivity contribution in [3.05, 3.63) is 14.2 Å². The van der Waals surface area contributed by atoms with Crippen LogP contribution in [0.25, 0.3) is 0 Å². The summed E-state index contributed by atoms with van der Waals surface area (Å²) in [6, 6.07) is 1.84. The summed E-state index contributed by atoms with van der Waals surface area (Å²) in [7, 11) is 1.60. The second kappa shape index (κ2) is 2.90. The molecule has 0 atom stereocenters. The van der Waals surface area contributed by atoms with E-state index in [2.05, 4.69) is 15.9 Å². The van der Waals surface area contributed by atoms with Gasteiger partial charge in [0.15, 0.2) is 0 Å². The summed E-state index contributed by atoms with van der Waals surface area (Å²) in [6.07, 6.45) is 0. The largest absolute Gasteiger partial charge is 0.494 e. The molecule has 0 saturated carbocycles. The molecule has 0 bridgehead atoms. The minimum Gasteiger partial charge on any atom is -0.494 e. The van der Waals surface area contributed by atoms with E-state index in [1.54, 1.807) is 7.11 Å². The van der Waals surface area contributed by atoms with E-state index in [0.717, 1.165) is 9.54 Å². The minimum atomic E-state index is 0.685. The van der Waals surface area contributed by atoms with Gasteiger partial charge in [0.1, 0.15) is 10.1 Å². The highest BCUT2D eigenvalue weighted by Gasteiger charge is 2.03. The smallest absolute Gasteiger partial charge is 0.149 e. The Bertz CT molecular complexity index is 211. The molecule has 0 aliphatic heterocycles. The molecule has 1 heterocycles. The van der Waals surface area contributed by atoms with Crippen LogP contribution in [0.3, 0.4) is 0 Å². The molecule has 0 unspecified atom stereocenters. The van der Waals surface area contributed by atoms with Gasteiger partial charge in [0, 0.05) is 6.07 Å². The number of hydrogen-bond donors (Lipinski definition) is 0. The summed E-state index contributed by atoms with van der Waals surface area (Å²) in [5.74, 6) is 0.730. The summed E-state index contributed by atoms with van der Waals surface area (Å²) in [4.78, 5) is 0. The van der Waals surface area contributed by atoms with Gasteiger partial charge in [-0.2, -0.15) is 0 Å². The molecule has 0 N–H and O–H groups in total. The third kappa shape index (κ3) is 1.60. The van der Waals surface area contributed by atoms with Gasteiger partial charge in [-0.05, 0) is 15.9 Å². The predicted molar refractivity (Wildman–Crippen MR) is 43.6 cm³/mol.